The number of hydrogen-bond donors (Lipinski definition) is 0. The highest BCUT2D eigenvalue weighted by molar-refractivity contribution is 6.36. The zero-order valence-corrected chi connectivity index (χ0v) is 10.2. The van der Waals surface area contributed by atoms with Gasteiger partial charge in [-0.15, -0.1) is 0 Å². The maximum atomic E-state index is 11.6. The number of hydrogen-bond acceptors (Lipinski definition) is 1. The molecule has 0 saturated carbocycles. The molecule has 0 radical (unpaired) electrons. The van der Waals surface area contributed by atoms with E-state index in [-0.39, 0.29) is 11.7 Å². The van der Waals surface area contributed by atoms with E-state index in [1.807, 2.05) is 24.6 Å². The van der Waals surface area contributed by atoms with E-state index in [0.717, 1.165) is 0 Å². The van der Waals surface area contributed by atoms with Crippen LogP contribution in [0.1, 0.15) is 24.2 Å². The van der Waals surface area contributed by atoms with Gasteiger partial charge in [0.05, 0.1) is 6.54 Å². The zero-order valence-electron chi connectivity index (χ0n) is 8.71. The number of aromatic nitrogens is 1. The molecule has 1 heterocycles. The second kappa shape index (κ2) is 5.38. The summed E-state index contributed by atoms with van der Waals surface area (Å²) in [7, 11) is 0. The Hall–Kier alpha value is -0.730. The normalized spacial score (nSPS) is 12.2. The summed E-state index contributed by atoms with van der Waals surface area (Å²) < 4.78 is 1.83. The SMILES string of the molecule is CC(C)C(=O)c1ccn(CC(Cl)=CCl)c1. The molecular weight excluding hydrogens is 233 g/mol. The van der Waals surface area contributed by atoms with Crippen molar-refractivity contribution >= 4 is 29.0 Å². The Balaban J connectivity index is 2.77. The standard InChI is InChI=1S/C11H13Cl2NO/c1-8(2)11(15)9-3-4-14(6-9)7-10(13)5-12/h3-6,8H,7H2,1-2H3. The van der Waals surface area contributed by atoms with Crippen molar-refractivity contribution in [3.05, 3.63) is 34.6 Å². The molecule has 1 rings (SSSR count). The molecule has 0 spiro atoms. The van der Waals surface area contributed by atoms with Gasteiger partial charge in [0.2, 0.25) is 0 Å². The van der Waals surface area contributed by atoms with Crippen LogP contribution in [0, 0.1) is 5.92 Å². The maximum absolute atomic E-state index is 11.6. The molecular formula is C11H13Cl2NO. The van der Waals surface area contributed by atoms with Crippen molar-refractivity contribution in [2.24, 2.45) is 5.92 Å². The molecule has 15 heavy (non-hydrogen) atoms. The van der Waals surface area contributed by atoms with Crippen molar-refractivity contribution in [1.29, 1.82) is 0 Å². The number of Topliss-reactive ketones (excluding diaryl/α,β-unsaturated/α-hetero) is 1. The number of ketones is 1. The molecule has 0 aromatic carbocycles. The van der Waals surface area contributed by atoms with Crippen LogP contribution in [0.2, 0.25) is 0 Å². The molecule has 0 atom stereocenters. The Labute approximate surface area is 99.5 Å². The average molecular weight is 246 g/mol. The first-order valence-electron chi connectivity index (χ1n) is 4.69. The van der Waals surface area contributed by atoms with Crippen molar-refractivity contribution in [2.45, 2.75) is 20.4 Å². The second-order valence-corrected chi connectivity index (χ2v) is 4.35. The predicted molar refractivity (Wildman–Crippen MR) is 63.4 cm³/mol. The molecule has 1 aromatic rings. The Bertz CT molecular complexity index is 380. The van der Waals surface area contributed by atoms with Crippen molar-refractivity contribution < 1.29 is 4.79 Å². The molecule has 0 N–H and O–H groups in total. The summed E-state index contributed by atoms with van der Waals surface area (Å²) in [6.45, 7) is 4.26. The van der Waals surface area contributed by atoms with Gasteiger partial charge in [-0.25, -0.2) is 0 Å². The van der Waals surface area contributed by atoms with Crippen LogP contribution in [0.25, 0.3) is 0 Å². The fraction of sp³-hybridized carbons (Fsp3) is 0.364. The summed E-state index contributed by atoms with van der Waals surface area (Å²) in [5.74, 6) is 0.152. The summed E-state index contributed by atoms with van der Waals surface area (Å²) in [6, 6.07) is 1.79. The van der Waals surface area contributed by atoms with Crippen molar-refractivity contribution in [3.63, 3.8) is 0 Å². The molecule has 82 valence electrons. The van der Waals surface area contributed by atoms with Gasteiger partial charge in [0.25, 0.3) is 0 Å². The van der Waals surface area contributed by atoms with E-state index in [1.54, 1.807) is 12.3 Å². The molecule has 4 heteroatoms. The fourth-order valence-corrected chi connectivity index (χ4v) is 1.43. The highest BCUT2D eigenvalue weighted by atomic mass is 35.5. The lowest BCUT2D eigenvalue weighted by molar-refractivity contribution is 0.0939. The van der Waals surface area contributed by atoms with Gasteiger partial charge in [0.1, 0.15) is 0 Å². The number of carbonyl (C=O) groups is 1. The molecule has 0 bridgehead atoms. The first-order valence-corrected chi connectivity index (χ1v) is 5.50. The number of nitrogens with zero attached hydrogens (tertiary/aromatic N) is 1. The van der Waals surface area contributed by atoms with Crippen LogP contribution in [0.15, 0.2) is 29.0 Å². The highest BCUT2D eigenvalue weighted by Crippen LogP contribution is 2.12. The molecule has 0 amide bonds. The lowest BCUT2D eigenvalue weighted by Gasteiger charge is -2.01. The first kappa shape index (κ1) is 12.3. The minimum atomic E-state index is 0.0138. The Morgan fingerprint density at radius 2 is 2.27 bits per heavy atom. The molecule has 0 aliphatic heterocycles. The van der Waals surface area contributed by atoms with Crippen LogP contribution in [-0.4, -0.2) is 10.4 Å². The van der Waals surface area contributed by atoms with Crippen LogP contribution in [0.5, 0.6) is 0 Å². The molecule has 0 aliphatic rings. The van der Waals surface area contributed by atoms with Gasteiger partial charge in [0.15, 0.2) is 5.78 Å². The van der Waals surface area contributed by atoms with Gasteiger partial charge in [-0.2, -0.15) is 0 Å². The van der Waals surface area contributed by atoms with Gasteiger partial charge in [-0.3, -0.25) is 4.79 Å². The number of carbonyl (C=O) groups excluding carboxylic acids is 1. The smallest absolute Gasteiger partial charge is 0.166 e. The Morgan fingerprint density at radius 1 is 1.60 bits per heavy atom. The summed E-state index contributed by atoms with van der Waals surface area (Å²) in [5, 5.41) is 0.538. The lowest BCUT2D eigenvalue weighted by Crippen LogP contribution is -2.06. The fourth-order valence-electron chi connectivity index (χ4n) is 1.23. The third-order valence-corrected chi connectivity index (χ3v) is 2.62. The van der Waals surface area contributed by atoms with Gasteiger partial charge >= 0.3 is 0 Å². The van der Waals surface area contributed by atoms with E-state index < -0.39 is 0 Å². The van der Waals surface area contributed by atoms with Crippen LogP contribution in [-0.2, 0) is 6.54 Å². The van der Waals surface area contributed by atoms with E-state index in [2.05, 4.69) is 0 Å². The third kappa shape index (κ3) is 3.40. The van der Waals surface area contributed by atoms with E-state index >= 15 is 0 Å². The van der Waals surface area contributed by atoms with E-state index in [9.17, 15) is 4.79 Å². The second-order valence-electron chi connectivity index (χ2n) is 3.65. The summed E-state index contributed by atoms with van der Waals surface area (Å²) in [6.07, 6.45) is 3.60. The zero-order chi connectivity index (χ0) is 11.4. The minimum absolute atomic E-state index is 0.0138. The minimum Gasteiger partial charge on any atom is -0.348 e. The van der Waals surface area contributed by atoms with Gasteiger partial charge < -0.3 is 4.57 Å². The van der Waals surface area contributed by atoms with Crippen LogP contribution >= 0.6 is 23.2 Å². The first-order chi connectivity index (χ1) is 7.04. The van der Waals surface area contributed by atoms with Crippen LogP contribution < -0.4 is 0 Å². The van der Waals surface area contributed by atoms with E-state index in [4.69, 9.17) is 23.2 Å². The van der Waals surface area contributed by atoms with Gasteiger partial charge in [-0.1, -0.05) is 37.0 Å². The maximum Gasteiger partial charge on any atom is 0.166 e. The Kier molecular flexibility index (Phi) is 4.43. The quantitative estimate of drug-likeness (QED) is 0.743. The van der Waals surface area contributed by atoms with Crippen LogP contribution in [0.4, 0.5) is 0 Å². The van der Waals surface area contributed by atoms with Gasteiger partial charge in [0, 0.05) is 34.4 Å². The van der Waals surface area contributed by atoms with Crippen molar-refractivity contribution in [1.82, 2.24) is 4.57 Å². The largest absolute Gasteiger partial charge is 0.348 e. The predicted octanol–water partition coefficient (Wildman–Crippen LogP) is 3.65. The lowest BCUT2D eigenvalue weighted by atomic mass is 10.0. The van der Waals surface area contributed by atoms with Gasteiger partial charge in [-0.05, 0) is 6.07 Å². The molecule has 0 saturated heterocycles. The number of halogens is 2. The molecule has 0 unspecified atom stereocenters. The molecule has 0 aliphatic carbocycles. The monoisotopic (exact) mass is 245 g/mol. The van der Waals surface area contributed by atoms with E-state index in [0.29, 0.717) is 17.1 Å². The molecule has 1 aromatic heterocycles. The third-order valence-electron chi connectivity index (χ3n) is 2.01. The molecule has 2 nitrogen and oxygen atoms in total. The highest BCUT2D eigenvalue weighted by Gasteiger charge is 2.11. The van der Waals surface area contributed by atoms with Crippen molar-refractivity contribution in [2.75, 3.05) is 0 Å². The Morgan fingerprint density at radius 3 is 2.80 bits per heavy atom. The summed E-state index contributed by atoms with van der Waals surface area (Å²) >= 11 is 11.2. The van der Waals surface area contributed by atoms with Crippen molar-refractivity contribution in [3.8, 4) is 0 Å². The summed E-state index contributed by atoms with van der Waals surface area (Å²) in [4.78, 5) is 11.6. The topological polar surface area (TPSA) is 22.0 Å². The van der Waals surface area contributed by atoms with E-state index in [1.165, 1.54) is 5.54 Å². The van der Waals surface area contributed by atoms with Crippen LogP contribution in [0.3, 0.4) is 0 Å². The average Bonchev–Trinajstić information content (AvgIpc) is 2.64. The number of rotatable bonds is 4. The summed E-state index contributed by atoms with van der Waals surface area (Å²) in [5.41, 5.74) is 2.04. The molecule has 0 fully saturated rings. The number of allylic oxidation sites excluding steroid dienone is 1.